The van der Waals surface area contributed by atoms with Crippen LogP contribution in [0.3, 0.4) is 0 Å². The SMILES string of the molecule is CC(C)(O)C(CC1=C(O)C(=O)CC=N1)c1ccc(C#Cc2ccc(CN3CCOCC3)cc2)cc1. The number of aliphatic hydroxyl groups excluding tert-OH is 1. The van der Waals surface area contributed by atoms with Crippen LogP contribution in [0.1, 0.15) is 54.9 Å². The van der Waals surface area contributed by atoms with Gasteiger partial charge in [0.1, 0.15) is 0 Å². The summed E-state index contributed by atoms with van der Waals surface area (Å²) >= 11 is 0. The van der Waals surface area contributed by atoms with Crippen LogP contribution in [0.15, 0.2) is 65.0 Å². The highest BCUT2D eigenvalue weighted by Crippen LogP contribution is 2.35. The summed E-state index contributed by atoms with van der Waals surface area (Å²) in [7, 11) is 0. The van der Waals surface area contributed by atoms with Crippen molar-refractivity contribution in [3.05, 3.63) is 82.2 Å². The molecule has 35 heavy (non-hydrogen) atoms. The van der Waals surface area contributed by atoms with Gasteiger partial charge in [0.25, 0.3) is 0 Å². The number of allylic oxidation sites excluding steroid dienone is 2. The number of hydrogen-bond donors (Lipinski definition) is 2. The fraction of sp³-hybridized carbons (Fsp3) is 0.379. The third kappa shape index (κ3) is 6.67. The molecule has 0 aliphatic carbocycles. The molecule has 0 aromatic heterocycles. The number of hydrogen-bond acceptors (Lipinski definition) is 6. The van der Waals surface area contributed by atoms with Crippen molar-refractivity contribution >= 4 is 12.0 Å². The topological polar surface area (TPSA) is 82.4 Å². The Kier molecular flexibility index (Phi) is 7.82. The van der Waals surface area contributed by atoms with E-state index in [2.05, 4.69) is 33.9 Å². The van der Waals surface area contributed by atoms with Gasteiger partial charge in [0.15, 0.2) is 5.76 Å². The molecular weight excluding hydrogens is 440 g/mol. The standard InChI is InChI=1S/C29H32N2O4/c1-29(2,34)25(19-26-28(33)27(32)13-14-30-26)24-11-9-22(10-12-24)4-3-21-5-7-23(8-6-21)20-31-15-17-35-18-16-31/h5-12,14,25,33-34H,13,15-20H2,1-2H3. The molecule has 1 saturated heterocycles. The molecule has 1 unspecified atom stereocenters. The van der Waals surface area contributed by atoms with E-state index in [1.807, 2.05) is 36.4 Å². The summed E-state index contributed by atoms with van der Waals surface area (Å²) in [6.07, 6.45) is 1.87. The normalized spacial score (nSPS) is 17.7. The van der Waals surface area contributed by atoms with E-state index in [4.69, 9.17) is 4.74 Å². The lowest BCUT2D eigenvalue weighted by atomic mass is 9.80. The number of aliphatic imine (C=N–C) groups is 1. The predicted molar refractivity (Wildman–Crippen MR) is 136 cm³/mol. The van der Waals surface area contributed by atoms with E-state index in [1.165, 1.54) is 11.8 Å². The number of rotatable bonds is 6. The average molecular weight is 473 g/mol. The third-order valence-electron chi connectivity index (χ3n) is 6.44. The van der Waals surface area contributed by atoms with Crippen LogP contribution in [-0.4, -0.2) is 59.0 Å². The molecule has 4 rings (SSSR count). The molecule has 0 spiro atoms. The van der Waals surface area contributed by atoms with Gasteiger partial charge in [-0.05, 0) is 49.2 Å². The molecule has 2 aliphatic heterocycles. The Balaban J connectivity index is 1.44. The van der Waals surface area contributed by atoms with Crippen molar-refractivity contribution in [2.45, 2.75) is 44.8 Å². The zero-order valence-electron chi connectivity index (χ0n) is 20.3. The second-order valence-corrected chi connectivity index (χ2v) is 9.60. The van der Waals surface area contributed by atoms with Gasteiger partial charge in [0, 0.05) is 55.7 Å². The Morgan fingerprint density at radius 1 is 1.03 bits per heavy atom. The first-order valence-electron chi connectivity index (χ1n) is 12.0. The molecule has 6 heteroatoms. The van der Waals surface area contributed by atoms with Crippen molar-refractivity contribution in [1.82, 2.24) is 4.90 Å². The van der Waals surface area contributed by atoms with Gasteiger partial charge in [0.05, 0.1) is 24.5 Å². The molecule has 0 amide bonds. The van der Waals surface area contributed by atoms with Crippen LogP contribution in [0.2, 0.25) is 0 Å². The van der Waals surface area contributed by atoms with Crippen LogP contribution >= 0.6 is 0 Å². The number of benzene rings is 2. The molecule has 2 heterocycles. The summed E-state index contributed by atoms with van der Waals surface area (Å²) in [6, 6.07) is 16.1. The highest BCUT2D eigenvalue weighted by atomic mass is 16.5. The minimum atomic E-state index is -1.07. The van der Waals surface area contributed by atoms with Crippen LogP contribution in [0, 0.1) is 11.8 Å². The van der Waals surface area contributed by atoms with Crippen molar-refractivity contribution in [3.63, 3.8) is 0 Å². The van der Waals surface area contributed by atoms with E-state index in [-0.39, 0.29) is 30.3 Å². The van der Waals surface area contributed by atoms with Crippen LogP contribution < -0.4 is 0 Å². The number of ether oxygens (including phenoxy) is 1. The maximum atomic E-state index is 11.8. The molecule has 6 nitrogen and oxygen atoms in total. The van der Waals surface area contributed by atoms with Crippen molar-refractivity contribution in [3.8, 4) is 11.8 Å². The minimum absolute atomic E-state index is 0.104. The highest BCUT2D eigenvalue weighted by Gasteiger charge is 2.31. The number of nitrogens with zero attached hydrogens (tertiary/aromatic N) is 2. The van der Waals surface area contributed by atoms with E-state index in [0.29, 0.717) is 5.70 Å². The van der Waals surface area contributed by atoms with Gasteiger partial charge in [-0.1, -0.05) is 36.1 Å². The van der Waals surface area contributed by atoms with Crippen LogP contribution in [-0.2, 0) is 16.1 Å². The third-order valence-corrected chi connectivity index (χ3v) is 6.44. The second-order valence-electron chi connectivity index (χ2n) is 9.60. The summed E-state index contributed by atoms with van der Waals surface area (Å²) in [4.78, 5) is 18.4. The summed E-state index contributed by atoms with van der Waals surface area (Å²) in [5.74, 6) is 5.43. The largest absolute Gasteiger partial charge is 0.503 e. The average Bonchev–Trinajstić information content (AvgIpc) is 2.85. The molecule has 0 bridgehead atoms. The van der Waals surface area contributed by atoms with E-state index in [9.17, 15) is 15.0 Å². The van der Waals surface area contributed by atoms with Crippen LogP contribution in [0.4, 0.5) is 0 Å². The van der Waals surface area contributed by atoms with Crippen LogP contribution in [0.25, 0.3) is 0 Å². The van der Waals surface area contributed by atoms with Crippen molar-refractivity contribution < 1.29 is 19.7 Å². The quantitative estimate of drug-likeness (QED) is 0.622. The van der Waals surface area contributed by atoms with Crippen molar-refractivity contribution in [2.24, 2.45) is 4.99 Å². The number of morpholine rings is 1. The Hall–Kier alpha value is -3.24. The summed E-state index contributed by atoms with van der Waals surface area (Å²) in [6.45, 7) is 7.90. The smallest absolute Gasteiger partial charge is 0.204 e. The number of ketones is 1. The van der Waals surface area contributed by atoms with E-state index in [0.717, 1.165) is 49.5 Å². The minimum Gasteiger partial charge on any atom is -0.503 e. The molecule has 2 aliphatic rings. The number of aliphatic hydroxyl groups is 2. The maximum absolute atomic E-state index is 11.8. The van der Waals surface area contributed by atoms with Gasteiger partial charge < -0.3 is 14.9 Å². The summed E-state index contributed by atoms with van der Waals surface area (Å²) in [5, 5.41) is 20.9. The number of carbonyl (C=O) groups excluding carboxylic acids is 1. The summed E-state index contributed by atoms with van der Waals surface area (Å²) in [5.41, 5.74) is 3.23. The Labute approximate surface area is 207 Å². The fourth-order valence-electron chi connectivity index (χ4n) is 4.33. The van der Waals surface area contributed by atoms with Gasteiger partial charge >= 0.3 is 0 Å². The zero-order valence-corrected chi connectivity index (χ0v) is 20.3. The molecule has 182 valence electrons. The Morgan fingerprint density at radius 2 is 1.63 bits per heavy atom. The lowest BCUT2D eigenvalue weighted by Gasteiger charge is -2.30. The molecule has 2 N–H and O–H groups in total. The van der Waals surface area contributed by atoms with Gasteiger partial charge in [-0.3, -0.25) is 14.7 Å². The fourth-order valence-corrected chi connectivity index (χ4v) is 4.33. The highest BCUT2D eigenvalue weighted by molar-refractivity contribution is 6.04. The molecular formula is C29H32N2O4. The predicted octanol–water partition coefficient (Wildman–Crippen LogP) is 3.98. The number of Topliss-reactive ketones (excluding diaryl/α,β-unsaturated/α-hetero) is 1. The zero-order chi connectivity index (χ0) is 24.8. The first kappa shape index (κ1) is 24.9. The Morgan fingerprint density at radius 3 is 2.23 bits per heavy atom. The molecule has 0 radical (unpaired) electrons. The summed E-state index contributed by atoms with van der Waals surface area (Å²) < 4.78 is 5.41. The van der Waals surface area contributed by atoms with Crippen molar-refractivity contribution in [2.75, 3.05) is 26.3 Å². The second kappa shape index (κ2) is 11.0. The molecule has 2 aromatic rings. The van der Waals surface area contributed by atoms with Gasteiger partial charge in [-0.2, -0.15) is 0 Å². The maximum Gasteiger partial charge on any atom is 0.204 e. The lowest BCUT2D eigenvalue weighted by molar-refractivity contribution is -0.117. The monoisotopic (exact) mass is 472 g/mol. The van der Waals surface area contributed by atoms with Gasteiger partial charge in [0.2, 0.25) is 5.78 Å². The molecule has 2 aromatic carbocycles. The lowest BCUT2D eigenvalue weighted by Crippen LogP contribution is -2.35. The van der Waals surface area contributed by atoms with Crippen molar-refractivity contribution in [1.29, 1.82) is 0 Å². The number of carbonyl (C=O) groups is 1. The molecule has 1 fully saturated rings. The first-order chi connectivity index (χ1) is 16.8. The first-order valence-corrected chi connectivity index (χ1v) is 12.0. The Bertz CT molecular complexity index is 1160. The molecule has 1 atom stereocenters. The van der Waals surface area contributed by atoms with Gasteiger partial charge in [-0.25, -0.2) is 0 Å². The molecule has 0 saturated carbocycles. The van der Waals surface area contributed by atoms with E-state index < -0.39 is 5.60 Å². The van der Waals surface area contributed by atoms with E-state index >= 15 is 0 Å². The van der Waals surface area contributed by atoms with Gasteiger partial charge in [-0.15, -0.1) is 0 Å². The van der Waals surface area contributed by atoms with Crippen LogP contribution in [0.5, 0.6) is 0 Å². The van der Waals surface area contributed by atoms with E-state index in [1.54, 1.807) is 13.8 Å².